The highest BCUT2D eigenvalue weighted by Gasteiger charge is 2.64. The summed E-state index contributed by atoms with van der Waals surface area (Å²) in [6.45, 7) is 4.96. The molecule has 1 aliphatic rings. The Morgan fingerprint density at radius 2 is 2.03 bits per heavy atom. The van der Waals surface area contributed by atoms with E-state index in [0.717, 1.165) is 9.78 Å². The number of carbonyl (C=O) groups is 3. The van der Waals surface area contributed by atoms with Crippen molar-refractivity contribution in [2.24, 2.45) is 0 Å². The number of amides is 2. The standard InChI is InChI=1S/C16H16Cl4N2O5S2/c1-8(2)15(14(25)26,7-16(17,18)19)22-12(24)11(13(22)29(20)27)21-10(23)6-9-4-3-5-28-9/h3-5,11,13H,1,6-7H2,2H3,(H,21,23)(H,25,26). The Labute approximate surface area is 192 Å². The second-order valence-electron chi connectivity index (χ2n) is 6.39. The third-order valence-electron chi connectivity index (χ3n) is 4.39. The van der Waals surface area contributed by atoms with Crippen molar-refractivity contribution in [2.45, 2.75) is 40.5 Å². The number of alkyl halides is 3. The van der Waals surface area contributed by atoms with Crippen molar-refractivity contribution in [3.8, 4) is 0 Å². The molecule has 0 aliphatic carbocycles. The summed E-state index contributed by atoms with van der Waals surface area (Å²) in [4.78, 5) is 38.8. The molecule has 13 heteroatoms. The Bertz CT molecular complexity index is 842. The Morgan fingerprint density at radius 3 is 2.45 bits per heavy atom. The number of nitrogens with one attached hydrogen (secondary N) is 1. The van der Waals surface area contributed by atoms with Gasteiger partial charge in [-0.25, -0.2) is 9.00 Å². The molecule has 1 saturated heterocycles. The number of aliphatic carboxylic acids is 1. The van der Waals surface area contributed by atoms with Gasteiger partial charge in [0.15, 0.2) is 14.7 Å². The molecule has 0 spiro atoms. The molecule has 0 bridgehead atoms. The van der Waals surface area contributed by atoms with Gasteiger partial charge >= 0.3 is 5.97 Å². The number of carbonyl (C=O) groups excluding carboxylic acids is 2. The highest BCUT2D eigenvalue weighted by Crippen LogP contribution is 2.46. The lowest BCUT2D eigenvalue weighted by Gasteiger charge is -2.54. The molecule has 2 heterocycles. The van der Waals surface area contributed by atoms with Crippen LogP contribution in [0.25, 0.3) is 0 Å². The molecule has 2 rings (SSSR count). The predicted molar refractivity (Wildman–Crippen MR) is 115 cm³/mol. The van der Waals surface area contributed by atoms with Crippen molar-refractivity contribution in [2.75, 3.05) is 0 Å². The van der Waals surface area contributed by atoms with E-state index in [0.29, 0.717) is 0 Å². The fourth-order valence-electron chi connectivity index (χ4n) is 3.08. The lowest BCUT2D eigenvalue weighted by molar-refractivity contribution is -0.169. The molecule has 4 unspecified atom stereocenters. The van der Waals surface area contributed by atoms with Crippen LogP contribution in [0.15, 0.2) is 29.7 Å². The van der Waals surface area contributed by atoms with E-state index in [2.05, 4.69) is 11.9 Å². The van der Waals surface area contributed by atoms with E-state index in [-0.39, 0.29) is 12.0 Å². The topological polar surface area (TPSA) is 104 Å². The molecule has 1 aromatic heterocycles. The van der Waals surface area contributed by atoms with Crippen LogP contribution in [0.1, 0.15) is 18.2 Å². The lowest BCUT2D eigenvalue weighted by Crippen LogP contribution is -2.79. The van der Waals surface area contributed by atoms with Gasteiger partial charge in [0.25, 0.3) is 5.91 Å². The summed E-state index contributed by atoms with van der Waals surface area (Å²) in [5.41, 5.74) is -2.20. The van der Waals surface area contributed by atoms with Gasteiger partial charge < -0.3 is 15.3 Å². The highest BCUT2D eigenvalue weighted by molar-refractivity contribution is 8.08. The van der Waals surface area contributed by atoms with Gasteiger partial charge in [-0.3, -0.25) is 9.59 Å². The quantitative estimate of drug-likeness (QED) is 0.237. The Morgan fingerprint density at radius 1 is 1.41 bits per heavy atom. The van der Waals surface area contributed by atoms with Gasteiger partial charge in [0, 0.05) is 11.3 Å². The highest BCUT2D eigenvalue weighted by atomic mass is 35.7. The van der Waals surface area contributed by atoms with E-state index in [1.165, 1.54) is 18.3 Å². The second kappa shape index (κ2) is 9.11. The molecular weight excluding hydrogens is 506 g/mol. The van der Waals surface area contributed by atoms with Gasteiger partial charge in [0.1, 0.15) is 16.1 Å². The first-order valence-corrected chi connectivity index (χ1v) is 12.0. The van der Waals surface area contributed by atoms with Crippen LogP contribution < -0.4 is 5.32 Å². The van der Waals surface area contributed by atoms with Crippen LogP contribution >= 0.6 is 56.8 Å². The molecule has 7 nitrogen and oxygen atoms in total. The Balaban J connectivity index is 2.35. The number of thiophene rings is 1. The molecule has 4 atom stereocenters. The number of β-lactam (4-membered cyclic amide) rings is 1. The summed E-state index contributed by atoms with van der Waals surface area (Å²) in [5, 5.41) is 12.8. The summed E-state index contributed by atoms with van der Waals surface area (Å²) in [5.74, 6) is -2.85. The first kappa shape index (κ1) is 24.4. The van der Waals surface area contributed by atoms with Crippen LogP contribution in [0.2, 0.25) is 0 Å². The molecule has 2 amide bonds. The second-order valence-corrected chi connectivity index (χ2v) is 11.8. The minimum absolute atomic E-state index is 0.00178. The molecule has 0 aromatic carbocycles. The number of halogens is 4. The van der Waals surface area contributed by atoms with E-state index in [4.69, 9.17) is 45.5 Å². The normalized spacial score (nSPS) is 22.4. The van der Waals surface area contributed by atoms with Crippen LogP contribution in [0.5, 0.6) is 0 Å². The lowest BCUT2D eigenvalue weighted by atomic mass is 9.82. The van der Waals surface area contributed by atoms with Gasteiger partial charge in [0.2, 0.25) is 5.91 Å². The number of carboxylic acids is 1. The van der Waals surface area contributed by atoms with Crippen LogP contribution in [-0.2, 0) is 30.8 Å². The van der Waals surface area contributed by atoms with Crippen LogP contribution in [0.4, 0.5) is 0 Å². The molecule has 0 radical (unpaired) electrons. The SMILES string of the molecule is C=C(C)C(CC(Cl)(Cl)Cl)(C(=O)O)N1C(=O)C(NC(=O)Cc2cccs2)C1S(=O)Cl. The summed E-state index contributed by atoms with van der Waals surface area (Å²) in [6.07, 6.45) is -0.649. The van der Waals surface area contributed by atoms with E-state index >= 15 is 0 Å². The zero-order valence-electron chi connectivity index (χ0n) is 14.9. The van der Waals surface area contributed by atoms with Gasteiger partial charge in [0.05, 0.1) is 6.42 Å². The van der Waals surface area contributed by atoms with Gasteiger partial charge in [-0.15, -0.1) is 11.3 Å². The minimum Gasteiger partial charge on any atom is -0.479 e. The summed E-state index contributed by atoms with van der Waals surface area (Å²) in [7, 11) is 3.52. The van der Waals surface area contributed by atoms with Crippen molar-refractivity contribution < 1.29 is 23.7 Å². The number of rotatable bonds is 8. The van der Waals surface area contributed by atoms with E-state index in [1.807, 2.05) is 0 Å². The van der Waals surface area contributed by atoms with Crippen LogP contribution in [-0.4, -0.2) is 52.7 Å². The summed E-state index contributed by atoms with van der Waals surface area (Å²) >= 11 is 18.8. The van der Waals surface area contributed by atoms with Crippen molar-refractivity contribution in [1.29, 1.82) is 0 Å². The average molecular weight is 522 g/mol. The molecule has 2 N–H and O–H groups in total. The molecule has 1 fully saturated rings. The van der Waals surface area contributed by atoms with Gasteiger partial charge in [-0.05, 0) is 34.6 Å². The predicted octanol–water partition coefficient (Wildman–Crippen LogP) is 3.01. The van der Waals surface area contributed by atoms with Crippen molar-refractivity contribution in [1.82, 2.24) is 10.2 Å². The first-order valence-electron chi connectivity index (χ1n) is 7.99. The van der Waals surface area contributed by atoms with Crippen molar-refractivity contribution in [3.05, 3.63) is 34.5 Å². The summed E-state index contributed by atoms with van der Waals surface area (Å²) < 4.78 is 10.1. The summed E-state index contributed by atoms with van der Waals surface area (Å²) in [6, 6.07) is 2.23. The number of carboxylic acid groups (broad SMARTS) is 1. The zero-order valence-corrected chi connectivity index (χ0v) is 19.5. The fraction of sp³-hybridized carbons (Fsp3) is 0.438. The van der Waals surface area contributed by atoms with Crippen molar-refractivity contribution in [3.63, 3.8) is 0 Å². The maximum Gasteiger partial charge on any atom is 0.334 e. The number of hydrogen-bond acceptors (Lipinski definition) is 5. The van der Waals surface area contributed by atoms with Crippen LogP contribution in [0, 0.1) is 0 Å². The fourth-order valence-corrected chi connectivity index (χ4v) is 5.76. The Hall–Kier alpha value is -0.840. The maximum atomic E-state index is 12.8. The van der Waals surface area contributed by atoms with Crippen molar-refractivity contribution >= 4 is 84.6 Å². The first-order chi connectivity index (χ1) is 13.3. The molecular formula is C16H16Cl4N2O5S2. The Kier molecular flexibility index (Phi) is 7.68. The molecule has 1 aliphatic heterocycles. The third kappa shape index (κ3) is 5.08. The smallest absolute Gasteiger partial charge is 0.334 e. The minimum atomic E-state index is -2.24. The van der Waals surface area contributed by atoms with Crippen LogP contribution in [0.3, 0.4) is 0 Å². The number of nitrogens with zero attached hydrogens (tertiary/aromatic N) is 1. The molecule has 29 heavy (non-hydrogen) atoms. The maximum absolute atomic E-state index is 12.8. The van der Waals surface area contributed by atoms with Gasteiger partial charge in [-0.2, -0.15) is 0 Å². The van der Waals surface area contributed by atoms with E-state index in [9.17, 15) is 23.7 Å². The number of likely N-dealkylation sites (tertiary alicyclic amines) is 1. The third-order valence-corrected chi connectivity index (χ3v) is 7.08. The van der Waals surface area contributed by atoms with E-state index < -0.39 is 55.0 Å². The molecule has 1 aromatic rings. The zero-order chi connectivity index (χ0) is 22.1. The van der Waals surface area contributed by atoms with E-state index in [1.54, 1.807) is 17.5 Å². The average Bonchev–Trinajstić information content (AvgIpc) is 3.06. The molecule has 0 saturated carbocycles. The number of hydrogen-bond donors (Lipinski definition) is 2. The molecule has 160 valence electrons. The van der Waals surface area contributed by atoms with Gasteiger partial charge in [-0.1, -0.05) is 47.4 Å². The monoisotopic (exact) mass is 520 g/mol. The largest absolute Gasteiger partial charge is 0.479 e.